The summed E-state index contributed by atoms with van der Waals surface area (Å²) >= 11 is 0. The van der Waals surface area contributed by atoms with Crippen molar-refractivity contribution in [3.63, 3.8) is 0 Å². The van der Waals surface area contributed by atoms with E-state index in [1.807, 2.05) is 19.9 Å². The lowest BCUT2D eigenvalue weighted by atomic mass is 9.69. The number of anilines is 3. The largest absolute Gasteiger partial charge is 0.326 e. The minimum atomic E-state index is -0.0771. The molecule has 39 heavy (non-hydrogen) atoms. The topological polar surface area (TPSA) is 87.3 Å². The lowest BCUT2D eigenvalue weighted by Crippen LogP contribution is -2.32. The van der Waals surface area contributed by atoms with Crippen LogP contribution in [0.4, 0.5) is 17.1 Å². The Labute approximate surface area is 236 Å². The van der Waals surface area contributed by atoms with Gasteiger partial charge >= 0.3 is 0 Å². The van der Waals surface area contributed by atoms with Gasteiger partial charge < -0.3 is 16.0 Å². The number of rotatable bonds is 7. The van der Waals surface area contributed by atoms with Crippen LogP contribution >= 0.6 is 0 Å². The Morgan fingerprint density at radius 3 is 1.28 bits per heavy atom. The second-order valence-electron chi connectivity index (χ2n) is 14.8. The van der Waals surface area contributed by atoms with Gasteiger partial charge in [-0.2, -0.15) is 0 Å². The van der Waals surface area contributed by atoms with Crippen LogP contribution in [0.25, 0.3) is 0 Å². The molecule has 2 saturated carbocycles. The lowest BCUT2D eigenvalue weighted by Gasteiger charge is -2.36. The molecule has 1 aromatic rings. The van der Waals surface area contributed by atoms with Crippen molar-refractivity contribution in [3.8, 4) is 0 Å². The molecular weight excluding hydrogens is 486 g/mol. The van der Waals surface area contributed by atoms with Crippen LogP contribution in [0.15, 0.2) is 18.2 Å². The first-order chi connectivity index (χ1) is 18.1. The van der Waals surface area contributed by atoms with E-state index in [4.69, 9.17) is 0 Å². The summed E-state index contributed by atoms with van der Waals surface area (Å²) in [7, 11) is 0. The molecule has 218 valence electrons. The van der Waals surface area contributed by atoms with E-state index in [2.05, 4.69) is 57.5 Å². The maximum Gasteiger partial charge on any atom is 0.227 e. The van der Waals surface area contributed by atoms with E-state index < -0.39 is 0 Å². The number of amides is 3. The minimum Gasteiger partial charge on any atom is -0.326 e. The summed E-state index contributed by atoms with van der Waals surface area (Å²) in [5.41, 5.74) is 2.33. The molecule has 0 saturated heterocycles. The summed E-state index contributed by atoms with van der Waals surface area (Å²) in [5.74, 6) is 1.45. The number of benzene rings is 1. The summed E-state index contributed by atoms with van der Waals surface area (Å²) < 4.78 is 0. The molecule has 2 aliphatic rings. The molecule has 0 bridgehead atoms. The highest BCUT2D eigenvalue weighted by Crippen LogP contribution is 2.41. The molecule has 0 atom stereocenters. The van der Waals surface area contributed by atoms with Crippen LogP contribution in [0.3, 0.4) is 0 Å². The standard InChI is InChI=1S/C33H53N3O3/c1-21(2)17-29(37)34-26-18-27(35-30(38)22-9-13-24(14-10-22)32(3,4)5)20-28(19-26)36-31(39)23-11-15-25(16-12-23)33(6,7)8/h18-25H,9-17H2,1-8H3,(H,34,37)(H,35,38)(H,36,39). The van der Waals surface area contributed by atoms with Crippen molar-refractivity contribution in [2.45, 2.75) is 113 Å². The second kappa shape index (κ2) is 12.9. The van der Waals surface area contributed by atoms with Crippen molar-refractivity contribution < 1.29 is 14.4 Å². The molecule has 3 rings (SSSR count). The van der Waals surface area contributed by atoms with Gasteiger partial charge in [0.1, 0.15) is 0 Å². The first kappa shape index (κ1) is 31.2. The molecule has 0 unspecified atom stereocenters. The zero-order chi connectivity index (χ0) is 29.0. The highest BCUT2D eigenvalue weighted by molar-refractivity contribution is 5.98. The normalized spacial score (nSPS) is 24.2. The van der Waals surface area contributed by atoms with Gasteiger partial charge in [0, 0.05) is 35.3 Å². The van der Waals surface area contributed by atoms with Gasteiger partial charge in [0.25, 0.3) is 0 Å². The molecule has 0 spiro atoms. The number of carbonyl (C=O) groups excluding carboxylic acids is 3. The summed E-state index contributed by atoms with van der Waals surface area (Å²) in [6.45, 7) is 17.7. The van der Waals surface area contributed by atoms with E-state index in [1.165, 1.54) is 0 Å². The average molecular weight is 540 g/mol. The van der Waals surface area contributed by atoms with Gasteiger partial charge in [-0.25, -0.2) is 0 Å². The first-order valence-electron chi connectivity index (χ1n) is 15.2. The van der Waals surface area contributed by atoms with Crippen LogP contribution in [-0.2, 0) is 14.4 Å². The summed E-state index contributed by atoms with van der Waals surface area (Å²) in [5, 5.41) is 9.15. The molecule has 0 heterocycles. The van der Waals surface area contributed by atoms with E-state index >= 15 is 0 Å². The minimum absolute atomic E-state index is 0.0150. The molecule has 1 aromatic carbocycles. The molecule has 6 nitrogen and oxygen atoms in total. The maximum absolute atomic E-state index is 13.2. The molecule has 2 fully saturated rings. The van der Waals surface area contributed by atoms with Crippen molar-refractivity contribution in [1.82, 2.24) is 0 Å². The number of carbonyl (C=O) groups is 3. The zero-order valence-electron chi connectivity index (χ0n) is 25.7. The van der Waals surface area contributed by atoms with Gasteiger partial charge in [0.15, 0.2) is 0 Å². The molecule has 0 aliphatic heterocycles. The van der Waals surface area contributed by atoms with Crippen LogP contribution in [-0.4, -0.2) is 17.7 Å². The molecule has 3 N–H and O–H groups in total. The van der Waals surface area contributed by atoms with E-state index in [0.29, 0.717) is 35.3 Å². The van der Waals surface area contributed by atoms with E-state index in [-0.39, 0.29) is 46.3 Å². The number of nitrogens with one attached hydrogen (secondary N) is 3. The Kier molecular flexibility index (Phi) is 10.3. The average Bonchev–Trinajstić information content (AvgIpc) is 2.82. The SMILES string of the molecule is CC(C)CC(=O)Nc1cc(NC(=O)C2CCC(C(C)(C)C)CC2)cc(NC(=O)C2CCC(C(C)(C)C)CC2)c1. The quantitative estimate of drug-likeness (QED) is 0.326. The van der Waals surface area contributed by atoms with Gasteiger partial charge in [-0.3, -0.25) is 14.4 Å². The number of hydrogen-bond acceptors (Lipinski definition) is 3. The fraction of sp³-hybridized carbons (Fsp3) is 0.727. The van der Waals surface area contributed by atoms with E-state index in [1.54, 1.807) is 12.1 Å². The summed E-state index contributed by atoms with van der Waals surface area (Å²) in [6.07, 6.45) is 8.21. The summed E-state index contributed by atoms with van der Waals surface area (Å²) in [4.78, 5) is 38.9. The Bertz CT molecular complexity index is 936. The van der Waals surface area contributed by atoms with E-state index in [0.717, 1.165) is 51.4 Å². The van der Waals surface area contributed by atoms with Crippen molar-refractivity contribution in [2.24, 2.45) is 40.4 Å². The van der Waals surface area contributed by atoms with Gasteiger partial charge in [-0.1, -0.05) is 55.4 Å². The van der Waals surface area contributed by atoms with Crippen molar-refractivity contribution in [1.29, 1.82) is 0 Å². The molecule has 3 amide bonds. The monoisotopic (exact) mass is 539 g/mol. The van der Waals surface area contributed by atoms with Crippen LogP contribution in [0.1, 0.15) is 113 Å². The Morgan fingerprint density at radius 2 is 0.974 bits per heavy atom. The third-order valence-electron chi connectivity index (χ3n) is 8.99. The highest BCUT2D eigenvalue weighted by atomic mass is 16.2. The van der Waals surface area contributed by atoms with Crippen LogP contribution in [0.5, 0.6) is 0 Å². The van der Waals surface area contributed by atoms with Crippen LogP contribution < -0.4 is 16.0 Å². The molecule has 0 radical (unpaired) electrons. The van der Waals surface area contributed by atoms with E-state index in [9.17, 15) is 14.4 Å². The lowest BCUT2D eigenvalue weighted by molar-refractivity contribution is -0.122. The van der Waals surface area contributed by atoms with Crippen molar-refractivity contribution >= 4 is 34.8 Å². The predicted octanol–water partition coefficient (Wildman–Crippen LogP) is 8.25. The van der Waals surface area contributed by atoms with Gasteiger partial charge in [-0.15, -0.1) is 0 Å². The number of hydrogen-bond donors (Lipinski definition) is 3. The molecular formula is C33H53N3O3. The first-order valence-corrected chi connectivity index (χ1v) is 15.2. The van der Waals surface area contributed by atoms with Crippen LogP contribution in [0, 0.1) is 40.4 Å². The zero-order valence-corrected chi connectivity index (χ0v) is 25.7. The van der Waals surface area contributed by atoms with Gasteiger partial charge in [-0.05, 0) is 98.1 Å². The molecule has 0 aromatic heterocycles. The fourth-order valence-corrected chi connectivity index (χ4v) is 6.36. The van der Waals surface area contributed by atoms with Crippen molar-refractivity contribution in [2.75, 3.05) is 16.0 Å². The molecule has 2 aliphatic carbocycles. The Balaban J connectivity index is 1.70. The highest BCUT2D eigenvalue weighted by Gasteiger charge is 2.33. The van der Waals surface area contributed by atoms with Crippen molar-refractivity contribution in [3.05, 3.63) is 18.2 Å². The second-order valence-corrected chi connectivity index (χ2v) is 14.8. The van der Waals surface area contributed by atoms with Crippen LogP contribution in [0.2, 0.25) is 0 Å². The third-order valence-corrected chi connectivity index (χ3v) is 8.99. The van der Waals surface area contributed by atoms with Gasteiger partial charge in [0.2, 0.25) is 17.7 Å². The Hall–Kier alpha value is -2.37. The van der Waals surface area contributed by atoms with Gasteiger partial charge in [0.05, 0.1) is 0 Å². The molecule has 6 heteroatoms. The third kappa shape index (κ3) is 9.36. The smallest absolute Gasteiger partial charge is 0.227 e. The Morgan fingerprint density at radius 1 is 0.641 bits per heavy atom. The fourth-order valence-electron chi connectivity index (χ4n) is 6.36. The summed E-state index contributed by atoms with van der Waals surface area (Å²) in [6, 6.07) is 5.40. The maximum atomic E-state index is 13.2. The predicted molar refractivity (Wildman–Crippen MR) is 162 cm³/mol.